The Hall–Kier alpha value is -0.930. The molecule has 1 saturated heterocycles. The van der Waals surface area contributed by atoms with Crippen LogP contribution in [0.5, 0.6) is 0 Å². The minimum Gasteiger partial charge on any atom is -0.357 e. The molecule has 0 spiro atoms. The number of likely N-dealkylation sites (N-methyl/N-ethyl adjacent to an activating group) is 1. The zero-order valence-corrected chi connectivity index (χ0v) is 15.2. The zero-order valence-electron chi connectivity index (χ0n) is 11.7. The van der Waals surface area contributed by atoms with Gasteiger partial charge in [0, 0.05) is 31.9 Å². The fourth-order valence-corrected chi connectivity index (χ4v) is 2.40. The fourth-order valence-electron chi connectivity index (χ4n) is 2.40. The summed E-state index contributed by atoms with van der Waals surface area (Å²) in [4.78, 5) is 32.4. The van der Waals surface area contributed by atoms with Crippen LogP contribution in [0.3, 0.4) is 0 Å². The molecule has 2 heterocycles. The molecule has 9 heteroatoms. The maximum absolute atomic E-state index is 12.3. The third-order valence-electron chi connectivity index (χ3n) is 3.40. The Morgan fingerprint density at radius 3 is 2.86 bits per heavy atom. The first-order valence-electron chi connectivity index (χ1n) is 6.38. The SMILES string of the molecule is Br.Br.CNC(=O)[C@@H]1CCCN1C(=O)[C@@H](N)Cc1cnc[nH]1. The van der Waals surface area contributed by atoms with E-state index >= 15 is 0 Å². The molecule has 1 aliphatic heterocycles. The normalized spacial score (nSPS) is 18.4. The topological polar surface area (TPSA) is 104 Å². The molecule has 0 saturated carbocycles. The summed E-state index contributed by atoms with van der Waals surface area (Å²) in [7, 11) is 1.58. The molecule has 2 atom stereocenters. The molecular formula is C12H21Br2N5O2. The number of aromatic nitrogens is 2. The van der Waals surface area contributed by atoms with Crippen LogP contribution in [-0.4, -0.2) is 52.4 Å². The van der Waals surface area contributed by atoms with Gasteiger partial charge in [-0.1, -0.05) is 0 Å². The van der Waals surface area contributed by atoms with E-state index in [1.807, 2.05) is 0 Å². The number of H-pyrrole nitrogens is 1. The van der Waals surface area contributed by atoms with Crippen molar-refractivity contribution in [3.8, 4) is 0 Å². The van der Waals surface area contributed by atoms with Crippen LogP contribution in [0.2, 0.25) is 0 Å². The molecule has 7 nitrogen and oxygen atoms in total. The molecule has 2 amide bonds. The predicted molar refractivity (Wildman–Crippen MR) is 89.7 cm³/mol. The van der Waals surface area contributed by atoms with Gasteiger partial charge in [0.05, 0.1) is 12.4 Å². The van der Waals surface area contributed by atoms with Gasteiger partial charge in [-0.3, -0.25) is 9.59 Å². The molecule has 1 fully saturated rings. The number of imidazole rings is 1. The molecule has 2 rings (SSSR count). The fraction of sp³-hybridized carbons (Fsp3) is 0.583. The van der Waals surface area contributed by atoms with Crippen molar-refractivity contribution in [2.24, 2.45) is 5.73 Å². The summed E-state index contributed by atoms with van der Waals surface area (Å²) in [5.41, 5.74) is 6.74. The van der Waals surface area contributed by atoms with Crippen LogP contribution in [0.15, 0.2) is 12.5 Å². The van der Waals surface area contributed by atoms with Gasteiger partial charge in [0.2, 0.25) is 11.8 Å². The number of carbonyl (C=O) groups excluding carboxylic acids is 2. The third-order valence-corrected chi connectivity index (χ3v) is 3.40. The third kappa shape index (κ3) is 4.79. The van der Waals surface area contributed by atoms with E-state index in [1.165, 1.54) is 0 Å². The largest absolute Gasteiger partial charge is 0.357 e. The van der Waals surface area contributed by atoms with Crippen molar-refractivity contribution in [3.63, 3.8) is 0 Å². The Bertz CT molecular complexity index is 455. The molecule has 0 unspecified atom stereocenters. The smallest absolute Gasteiger partial charge is 0.242 e. The van der Waals surface area contributed by atoms with E-state index in [9.17, 15) is 9.59 Å². The number of halogens is 2. The highest BCUT2D eigenvalue weighted by Crippen LogP contribution is 2.18. The lowest BCUT2D eigenvalue weighted by Crippen LogP contribution is -2.51. The van der Waals surface area contributed by atoms with Crippen molar-refractivity contribution in [3.05, 3.63) is 18.2 Å². The molecule has 120 valence electrons. The molecule has 0 radical (unpaired) electrons. The molecule has 1 aliphatic rings. The number of likely N-dealkylation sites (tertiary alicyclic amines) is 1. The number of carbonyl (C=O) groups is 2. The monoisotopic (exact) mass is 425 g/mol. The highest BCUT2D eigenvalue weighted by Gasteiger charge is 2.35. The first-order chi connectivity index (χ1) is 9.13. The summed E-state index contributed by atoms with van der Waals surface area (Å²) in [6.45, 7) is 0.591. The van der Waals surface area contributed by atoms with Crippen LogP contribution >= 0.6 is 34.0 Å². The Kier molecular flexibility index (Phi) is 8.76. The van der Waals surface area contributed by atoms with Crippen LogP contribution in [0, 0.1) is 0 Å². The number of amides is 2. The van der Waals surface area contributed by atoms with Gasteiger partial charge in [-0.2, -0.15) is 0 Å². The zero-order chi connectivity index (χ0) is 13.8. The maximum atomic E-state index is 12.3. The number of rotatable bonds is 4. The number of nitrogens with zero attached hydrogens (tertiary/aromatic N) is 2. The van der Waals surface area contributed by atoms with Crippen molar-refractivity contribution >= 4 is 45.8 Å². The molecule has 0 bridgehead atoms. The van der Waals surface area contributed by atoms with Crippen LogP contribution < -0.4 is 11.1 Å². The van der Waals surface area contributed by atoms with Gasteiger partial charge in [0.25, 0.3) is 0 Å². The predicted octanol–water partition coefficient (Wildman–Crippen LogP) is 0.172. The Morgan fingerprint density at radius 2 is 2.29 bits per heavy atom. The van der Waals surface area contributed by atoms with Crippen LogP contribution in [-0.2, 0) is 16.0 Å². The van der Waals surface area contributed by atoms with Gasteiger partial charge in [-0.05, 0) is 12.8 Å². The highest BCUT2D eigenvalue weighted by molar-refractivity contribution is 8.93. The van der Waals surface area contributed by atoms with Gasteiger partial charge >= 0.3 is 0 Å². The average Bonchev–Trinajstić information content (AvgIpc) is 3.07. The Morgan fingerprint density at radius 1 is 1.57 bits per heavy atom. The molecule has 0 aromatic carbocycles. The Labute approximate surface area is 144 Å². The van der Waals surface area contributed by atoms with Crippen LogP contribution in [0.4, 0.5) is 0 Å². The van der Waals surface area contributed by atoms with Crippen molar-refractivity contribution in [1.82, 2.24) is 20.2 Å². The molecule has 4 N–H and O–H groups in total. The van der Waals surface area contributed by atoms with Gasteiger partial charge < -0.3 is 20.9 Å². The van der Waals surface area contributed by atoms with Crippen molar-refractivity contribution in [1.29, 1.82) is 0 Å². The van der Waals surface area contributed by atoms with Gasteiger partial charge in [-0.15, -0.1) is 34.0 Å². The van der Waals surface area contributed by atoms with Crippen LogP contribution in [0.1, 0.15) is 18.5 Å². The highest BCUT2D eigenvalue weighted by atomic mass is 79.9. The standard InChI is InChI=1S/C12H19N5O2.2BrH/c1-14-11(18)10-3-2-4-17(10)12(19)9(13)5-8-6-15-7-16-8;;/h6-7,9-10H,2-5,13H2,1H3,(H,14,18)(H,15,16);2*1H/t9-,10-;;/m0../s1. The maximum Gasteiger partial charge on any atom is 0.242 e. The van der Waals surface area contributed by atoms with E-state index in [0.29, 0.717) is 19.4 Å². The summed E-state index contributed by atoms with van der Waals surface area (Å²) >= 11 is 0. The summed E-state index contributed by atoms with van der Waals surface area (Å²) in [6, 6.07) is -1.03. The number of aromatic amines is 1. The lowest BCUT2D eigenvalue weighted by atomic mass is 10.1. The van der Waals surface area contributed by atoms with E-state index in [1.54, 1.807) is 24.5 Å². The van der Waals surface area contributed by atoms with E-state index in [4.69, 9.17) is 5.73 Å². The van der Waals surface area contributed by atoms with Gasteiger partial charge in [0.15, 0.2) is 0 Å². The minimum absolute atomic E-state index is 0. The summed E-state index contributed by atoms with van der Waals surface area (Å²) in [5, 5.41) is 2.59. The summed E-state index contributed by atoms with van der Waals surface area (Å²) < 4.78 is 0. The summed E-state index contributed by atoms with van der Waals surface area (Å²) in [6.07, 6.45) is 5.13. The van der Waals surface area contributed by atoms with E-state index in [0.717, 1.165) is 12.1 Å². The number of hydrogen-bond donors (Lipinski definition) is 3. The summed E-state index contributed by atoms with van der Waals surface area (Å²) in [5.74, 6) is -0.305. The number of hydrogen-bond acceptors (Lipinski definition) is 4. The van der Waals surface area contributed by atoms with Crippen molar-refractivity contribution in [2.75, 3.05) is 13.6 Å². The minimum atomic E-state index is -0.647. The second-order valence-corrected chi connectivity index (χ2v) is 4.69. The number of nitrogens with one attached hydrogen (secondary N) is 2. The Balaban J connectivity index is 0.00000200. The molecule has 21 heavy (non-hydrogen) atoms. The molecule has 1 aromatic rings. The first kappa shape index (κ1) is 20.1. The van der Waals surface area contributed by atoms with Gasteiger partial charge in [0.1, 0.15) is 6.04 Å². The van der Waals surface area contributed by atoms with Crippen LogP contribution in [0.25, 0.3) is 0 Å². The van der Waals surface area contributed by atoms with E-state index in [-0.39, 0.29) is 51.8 Å². The van der Waals surface area contributed by atoms with Crippen molar-refractivity contribution in [2.45, 2.75) is 31.3 Å². The lowest BCUT2D eigenvalue weighted by Gasteiger charge is -2.26. The molecular weight excluding hydrogens is 406 g/mol. The van der Waals surface area contributed by atoms with Crippen molar-refractivity contribution < 1.29 is 9.59 Å². The van der Waals surface area contributed by atoms with E-state index < -0.39 is 6.04 Å². The molecule has 1 aromatic heterocycles. The molecule has 0 aliphatic carbocycles. The number of nitrogens with two attached hydrogens (primary N) is 1. The lowest BCUT2D eigenvalue weighted by molar-refractivity contribution is -0.139. The average molecular weight is 427 g/mol. The second-order valence-electron chi connectivity index (χ2n) is 4.69. The van der Waals surface area contributed by atoms with E-state index in [2.05, 4.69) is 15.3 Å². The second kappa shape index (κ2) is 9.16. The first-order valence-corrected chi connectivity index (χ1v) is 6.38. The quantitative estimate of drug-likeness (QED) is 0.638. The van der Waals surface area contributed by atoms with Gasteiger partial charge in [-0.25, -0.2) is 4.98 Å².